The van der Waals surface area contributed by atoms with Crippen LogP contribution in [0.4, 0.5) is 0 Å². The van der Waals surface area contributed by atoms with E-state index in [2.05, 4.69) is 83.1 Å². The van der Waals surface area contributed by atoms with Gasteiger partial charge in [-0.15, -0.1) is 0 Å². The maximum atomic E-state index is 10.7. The van der Waals surface area contributed by atoms with E-state index < -0.39 is 0 Å². The molecule has 0 spiro atoms. The monoisotopic (exact) mass is 771 g/mol. The van der Waals surface area contributed by atoms with Gasteiger partial charge in [-0.25, -0.2) is 0 Å². The third-order valence-electron chi connectivity index (χ3n) is 10.7. The summed E-state index contributed by atoms with van der Waals surface area (Å²) >= 11 is 0. The Morgan fingerprint density at radius 2 is 1.33 bits per heavy atom. The molecule has 0 amide bonds. The first-order valence-electron chi connectivity index (χ1n) is 22.3. The molecule has 318 valence electrons. The summed E-state index contributed by atoms with van der Waals surface area (Å²) in [6, 6.07) is 9.39. The molecule has 2 aliphatic rings. The fourth-order valence-electron chi connectivity index (χ4n) is 7.10. The first-order valence-corrected chi connectivity index (χ1v) is 22.3. The van der Waals surface area contributed by atoms with Crippen LogP contribution in [0.3, 0.4) is 0 Å². The van der Waals surface area contributed by atoms with E-state index in [1.54, 1.807) is 5.57 Å². The molecule has 11 nitrogen and oxygen atoms in total. The SMILES string of the molecule is CNCCCCCNC1=C(C)CC1.CNCCCNCCN(CCCNC)Cc1ccc(CN2CCCN(CCCCC=O)CCNCCCNCC2)cc1. The van der Waals surface area contributed by atoms with Crippen molar-refractivity contribution in [2.45, 2.75) is 97.1 Å². The van der Waals surface area contributed by atoms with Gasteiger partial charge in [-0.3, -0.25) is 9.80 Å². The minimum absolute atomic E-state index is 0.689. The van der Waals surface area contributed by atoms with E-state index in [1.807, 2.05) is 21.1 Å². The first kappa shape index (κ1) is 49.2. The molecule has 1 heterocycles. The quantitative estimate of drug-likeness (QED) is 0.0525. The standard InChI is InChI=1S/C33H64N8O.C11H22N2/c1-34-14-6-16-36-20-27-40(23-8-15-35-2)30-32-10-12-33(13-11-32)31-41-25-9-24-39(22-4-3-5-29-42)26-19-37-17-7-18-38-21-28-41;1-10-6-7-11(10)13-9-5-3-4-8-12-2/h10-13,29,34-38H,3-9,14-28,30-31H2,1-2H3;12-13H,3-9H2,1-2H3. The maximum Gasteiger partial charge on any atom is 0.119 e. The van der Waals surface area contributed by atoms with Gasteiger partial charge >= 0.3 is 0 Å². The average Bonchev–Trinajstić information content (AvgIpc) is 3.19. The Bertz CT molecular complexity index is 1060. The zero-order valence-corrected chi connectivity index (χ0v) is 36.1. The largest absolute Gasteiger partial charge is 0.388 e. The Morgan fingerprint density at radius 3 is 2.02 bits per heavy atom. The van der Waals surface area contributed by atoms with Gasteiger partial charge in [0.2, 0.25) is 0 Å². The summed E-state index contributed by atoms with van der Waals surface area (Å²) in [6.45, 7) is 22.7. The minimum Gasteiger partial charge on any atom is -0.388 e. The number of allylic oxidation sites excluding steroid dienone is 2. The average molecular weight is 771 g/mol. The van der Waals surface area contributed by atoms with Gasteiger partial charge < -0.3 is 46.9 Å². The van der Waals surface area contributed by atoms with Gasteiger partial charge in [-0.1, -0.05) is 36.3 Å². The van der Waals surface area contributed by atoms with Crippen molar-refractivity contribution in [3.05, 3.63) is 46.7 Å². The van der Waals surface area contributed by atoms with Crippen LogP contribution in [0.1, 0.15) is 95.1 Å². The maximum absolute atomic E-state index is 10.7. The van der Waals surface area contributed by atoms with E-state index in [4.69, 9.17) is 0 Å². The number of aldehydes is 1. The van der Waals surface area contributed by atoms with Gasteiger partial charge in [0.25, 0.3) is 0 Å². The summed E-state index contributed by atoms with van der Waals surface area (Å²) in [4.78, 5) is 18.5. The molecule has 0 radical (unpaired) electrons. The molecule has 1 saturated heterocycles. The van der Waals surface area contributed by atoms with Crippen molar-refractivity contribution in [3.8, 4) is 0 Å². The highest BCUT2D eigenvalue weighted by Gasteiger charge is 2.12. The van der Waals surface area contributed by atoms with Gasteiger partial charge in [-0.05, 0) is 169 Å². The second-order valence-corrected chi connectivity index (χ2v) is 15.6. The zero-order valence-electron chi connectivity index (χ0n) is 36.1. The molecule has 55 heavy (non-hydrogen) atoms. The molecule has 11 heteroatoms. The predicted molar refractivity (Wildman–Crippen MR) is 236 cm³/mol. The lowest BCUT2D eigenvalue weighted by Gasteiger charge is -2.27. The van der Waals surface area contributed by atoms with Gasteiger partial charge in [0.05, 0.1) is 0 Å². The summed E-state index contributed by atoms with van der Waals surface area (Å²) in [5.41, 5.74) is 5.88. The smallest absolute Gasteiger partial charge is 0.119 e. The van der Waals surface area contributed by atoms with Crippen LogP contribution in [0.15, 0.2) is 35.5 Å². The van der Waals surface area contributed by atoms with Gasteiger partial charge in [0, 0.05) is 71.0 Å². The second kappa shape index (κ2) is 35.2. The fraction of sp³-hybridized carbons (Fsp3) is 0.795. The van der Waals surface area contributed by atoms with Gasteiger partial charge in [0.1, 0.15) is 6.29 Å². The molecule has 0 unspecified atom stereocenters. The Balaban J connectivity index is 0.000000675. The van der Waals surface area contributed by atoms with Crippen LogP contribution < -0.4 is 37.2 Å². The predicted octanol–water partition coefficient (Wildman–Crippen LogP) is 3.78. The molecule has 1 aromatic carbocycles. The summed E-state index contributed by atoms with van der Waals surface area (Å²) in [7, 11) is 6.07. The number of hydrogen-bond acceptors (Lipinski definition) is 11. The number of nitrogens with zero attached hydrogens (tertiary/aromatic N) is 3. The molecule has 0 saturated carbocycles. The highest BCUT2D eigenvalue weighted by Crippen LogP contribution is 2.24. The van der Waals surface area contributed by atoms with Gasteiger partial charge in [-0.2, -0.15) is 0 Å². The Labute approximate surface area is 338 Å². The highest BCUT2D eigenvalue weighted by molar-refractivity contribution is 5.48. The van der Waals surface area contributed by atoms with Gasteiger partial charge in [0.15, 0.2) is 0 Å². The number of benzene rings is 1. The molecule has 1 aliphatic heterocycles. The number of carbonyl (C=O) groups excluding carboxylic acids is 1. The molecule has 7 N–H and O–H groups in total. The summed E-state index contributed by atoms with van der Waals surface area (Å²) in [6.07, 6.45) is 15.1. The molecular weight excluding hydrogens is 685 g/mol. The molecule has 3 rings (SSSR count). The fourth-order valence-corrected chi connectivity index (χ4v) is 7.10. The van der Waals surface area contributed by atoms with Crippen molar-refractivity contribution in [1.29, 1.82) is 0 Å². The van der Waals surface area contributed by atoms with Crippen LogP contribution in [0.25, 0.3) is 0 Å². The third kappa shape index (κ3) is 26.6. The van der Waals surface area contributed by atoms with E-state index in [1.165, 1.54) is 74.6 Å². The normalized spacial score (nSPS) is 16.7. The summed E-state index contributed by atoms with van der Waals surface area (Å²) < 4.78 is 0. The second-order valence-electron chi connectivity index (χ2n) is 15.6. The number of rotatable bonds is 27. The summed E-state index contributed by atoms with van der Waals surface area (Å²) in [5.74, 6) is 0. The van der Waals surface area contributed by atoms with E-state index in [9.17, 15) is 4.79 Å². The van der Waals surface area contributed by atoms with Crippen LogP contribution >= 0.6 is 0 Å². The molecule has 1 aliphatic carbocycles. The van der Waals surface area contributed by atoms with E-state index in [-0.39, 0.29) is 0 Å². The number of carbonyl (C=O) groups is 1. The van der Waals surface area contributed by atoms with Crippen molar-refractivity contribution in [2.24, 2.45) is 0 Å². The lowest BCUT2D eigenvalue weighted by Crippen LogP contribution is -2.38. The first-order chi connectivity index (χ1) is 27.1. The molecule has 0 bridgehead atoms. The van der Waals surface area contributed by atoms with Crippen LogP contribution in [0.2, 0.25) is 0 Å². The lowest BCUT2D eigenvalue weighted by molar-refractivity contribution is -0.107. The van der Waals surface area contributed by atoms with Crippen molar-refractivity contribution in [2.75, 3.05) is 132 Å². The Hall–Kier alpha value is -1.93. The molecular formula is C44H86N10O. The van der Waals surface area contributed by atoms with Crippen LogP contribution in [-0.4, -0.2) is 153 Å². The van der Waals surface area contributed by atoms with Crippen LogP contribution in [0, 0.1) is 0 Å². The highest BCUT2D eigenvalue weighted by atomic mass is 16.1. The number of unbranched alkanes of at least 4 members (excludes halogenated alkanes) is 4. The molecule has 1 aromatic rings. The van der Waals surface area contributed by atoms with E-state index in [0.717, 1.165) is 143 Å². The lowest BCUT2D eigenvalue weighted by atomic mass is 9.96. The van der Waals surface area contributed by atoms with Crippen molar-refractivity contribution >= 4 is 6.29 Å². The minimum atomic E-state index is 0.689. The number of nitrogens with one attached hydrogen (secondary N) is 7. The third-order valence-corrected chi connectivity index (χ3v) is 10.7. The summed E-state index contributed by atoms with van der Waals surface area (Å²) in [5, 5.41) is 24.0. The van der Waals surface area contributed by atoms with Crippen LogP contribution in [-0.2, 0) is 17.9 Å². The molecule has 0 aromatic heterocycles. The van der Waals surface area contributed by atoms with E-state index >= 15 is 0 Å². The van der Waals surface area contributed by atoms with Crippen LogP contribution in [0.5, 0.6) is 0 Å². The number of hydrogen-bond donors (Lipinski definition) is 7. The molecule has 0 atom stereocenters. The van der Waals surface area contributed by atoms with Crippen molar-refractivity contribution < 1.29 is 4.79 Å². The van der Waals surface area contributed by atoms with E-state index in [0.29, 0.717) is 6.42 Å². The topological polar surface area (TPSA) is 111 Å². The van der Waals surface area contributed by atoms with Crippen molar-refractivity contribution in [3.63, 3.8) is 0 Å². The Kier molecular flexibility index (Phi) is 31.5. The Morgan fingerprint density at radius 1 is 0.655 bits per heavy atom. The molecule has 1 fully saturated rings. The van der Waals surface area contributed by atoms with Crippen molar-refractivity contribution in [1.82, 2.24) is 51.9 Å². The zero-order chi connectivity index (χ0) is 39.4.